The van der Waals surface area contributed by atoms with Crippen LogP contribution in [-0.4, -0.2) is 37.2 Å². The normalized spacial score (nSPS) is 13.0. The van der Waals surface area contributed by atoms with Crippen LogP contribution in [0.5, 0.6) is 0 Å². The molecule has 0 rings (SSSR count). The number of hydrogen-bond acceptors (Lipinski definition) is 6. The molecule has 0 amide bonds. The number of esters is 3. The minimum absolute atomic E-state index is 0.0897. The summed E-state index contributed by atoms with van der Waals surface area (Å²) in [5, 5.41) is 0. The third kappa shape index (κ3) is 64.4. The van der Waals surface area contributed by atoms with E-state index in [0.29, 0.717) is 19.3 Å². The number of hydrogen-bond donors (Lipinski definition) is 0. The Balaban J connectivity index is 4.27. The Morgan fingerprint density at radius 1 is 0.263 bits per heavy atom. The molecule has 0 aliphatic carbocycles. The summed E-state index contributed by atoms with van der Waals surface area (Å²) < 4.78 is 16.9. The van der Waals surface area contributed by atoms with E-state index in [2.05, 4.69) is 154 Å². The van der Waals surface area contributed by atoms with Crippen LogP contribution < -0.4 is 0 Å². The van der Waals surface area contributed by atoms with Gasteiger partial charge in [0.25, 0.3) is 0 Å². The van der Waals surface area contributed by atoms with Crippen LogP contribution in [0.15, 0.2) is 134 Å². The van der Waals surface area contributed by atoms with E-state index < -0.39 is 6.10 Å². The molecule has 6 heteroatoms. The fourth-order valence-electron chi connectivity index (χ4n) is 8.94. The summed E-state index contributed by atoms with van der Waals surface area (Å²) in [6, 6.07) is 0. The lowest BCUT2D eigenvalue weighted by Gasteiger charge is -2.18. The van der Waals surface area contributed by atoms with Gasteiger partial charge in [0.15, 0.2) is 6.10 Å². The molecule has 0 spiro atoms. The van der Waals surface area contributed by atoms with E-state index in [-0.39, 0.29) is 31.1 Å². The molecule has 1 atom stereocenters. The number of carbonyl (C=O) groups excluding carboxylic acids is 3. The van der Waals surface area contributed by atoms with Crippen LogP contribution in [0, 0.1) is 0 Å². The second-order valence-corrected chi connectivity index (χ2v) is 21.6. The highest BCUT2D eigenvalue weighted by Crippen LogP contribution is 2.15. The first kappa shape index (κ1) is 75.5. The minimum atomic E-state index is -0.794. The van der Waals surface area contributed by atoms with E-state index in [1.165, 1.54) is 122 Å². The third-order valence-electron chi connectivity index (χ3n) is 13.9. The van der Waals surface area contributed by atoms with Gasteiger partial charge in [-0.2, -0.15) is 0 Å². The molecule has 0 aliphatic heterocycles. The number of ether oxygens (including phenoxy) is 3. The van der Waals surface area contributed by atoms with Gasteiger partial charge in [0, 0.05) is 19.3 Å². The van der Waals surface area contributed by atoms with Crippen molar-refractivity contribution in [3.63, 3.8) is 0 Å². The summed E-state index contributed by atoms with van der Waals surface area (Å²) in [5.41, 5.74) is 0. The smallest absolute Gasteiger partial charge is 0.306 e. The molecular weight excluding hydrogens is 985 g/mol. The highest BCUT2D eigenvalue weighted by Gasteiger charge is 2.19. The number of unbranched alkanes of at least 4 members (excludes halogenated alkanes) is 26. The lowest BCUT2D eigenvalue weighted by molar-refractivity contribution is -0.167. The van der Waals surface area contributed by atoms with Crippen molar-refractivity contribution < 1.29 is 28.6 Å². The van der Waals surface area contributed by atoms with Crippen molar-refractivity contribution in [2.75, 3.05) is 13.2 Å². The Bertz CT molecular complexity index is 1700. The maximum Gasteiger partial charge on any atom is 0.306 e. The Hall–Kier alpha value is -4.45. The van der Waals surface area contributed by atoms with Crippen LogP contribution >= 0.6 is 0 Å². The number of carbonyl (C=O) groups is 3. The molecule has 454 valence electrons. The average Bonchev–Trinajstić information content (AvgIpc) is 3.46. The highest BCUT2D eigenvalue weighted by atomic mass is 16.6. The van der Waals surface area contributed by atoms with E-state index in [9.17, 15) is 14.4 Å². The SMILES string of the molecule is CC/C=C\C/C=C\C/C=C\C/C=C\C/C=C\C/C=C\C/C=C\C/C=C\CCCCCCC(=O)OCC(COC(=O)CCCCCCCCCC)OC(=O)CCCCCCCCCCCC/C=C\C/C=C\C/C=C\CCCCCCC. The Morgan fingerprint density at radius 3 is 0.762 bits per heavy atom. The summed E-state index contributed by atoms with van der Waals surface area (Å²) in [6.45, 7) is 6.47. The first-order valence-corrected chi connectivity index (χ1v) is 33.2. The van der Waals surface area contributed by atoms with Crippen LogP contribution in [0.25, 0.3) is 0 Å². The van der Waals surface area contributed by atoms with E-state index in [1.54, 1.807) is 0 Å². The van der Waals surface area contributed by atoms with Crippen molar-refractivity contribution >= 4 is 17.9 Å². The van der Waals surface area contributed by atoms with Crippen LogP contribution in [-0.2, 0) is 28.6 Å². The molecule has 0 N–H and O–H groups in total. The Labute approximate surface area is 494 Å². The predicted molar refractivity (Wildman–Crippen MR) is 348 cm³/mol. The fraction of sp³-hybridized carbons (Fsp3) is 0.662. The summed E-state index contributed by atoms with van der Waals surface area (Å²) in [6.07, 6.45) is 94.7. The molecular formula is C74H122O6. The molecule has 0 aromatic rings. The van der Waals surface area contributed by atoms with Crippen molar-refractivity contribution in [3.8, 4) is 0 Å². The lowest BCUT2D eigenvalue weighted by Crippen LogP contribution is -2.30. The third-order valence-corrected chi connectivity index (χ3v) is 13.9. The summed E-state index contributed by atoms with van der Waals surface area (Å²) in [5.74, 6) is -0.922. The van der Waals surface area contributed by atoms with Crippen molar-refractivity contribution in [1.82, 2.24) is 0 Å². The molecule has 0 aromatic heterocycles. The molecule has 0 aliphatic rings. The first-order valence-electron chi connectivity index (χ1n) is 33.2. The van der Waals surface area contributed by atoms with Crippen molar-refractivity contribution in [1.29, 1.82) is 0 Å². The zero-order valence-corrected chi connectivity index (χ0v) is 52.0. The monoisotopic (exact) mass is 1110 g/mol. The standard InChI is InChI=1S/C74H122O6/c1-4-7-10-13-16-19-21-23-25-27-29-31-33-35-36-37-38-40-41-43-45-47-49-51-53-55-58-61-64-67-73(76)79-70-71(69-78-72(75)66-63-60-57-18-15-12-9-6-3)80-74(77)68-65-62-59-56-54-52-50-48-46-44-42-39-34-32-30-28-26-24-22-20-17-14-11-8-5-2/h7,10,16,19,22-25,28-31,34-36,38-40,43,45,49,51,71H,4-6,8-9,11-15,17-18,20-21,26-27,32-33,37,41-42,44,46-48,50,52-70H2,1-3H3/b10-7-,19-16-,24-22-,25-23-,30-28-,31-29-,36-35-,39-34-,40-38-,45-43-,51-49-. The van der Waals surface area contributed by atoms with E-state index in [1.807, 2.05) is 0 Å². The van der Waals surface area contributed by atoms with E-state index in [4.69, 9.17) is 14.2 Å². The molecule has 80 heavy (non-hydrogen) atoms. The predicted octanol–water partition coefficient (Wildman–Crippen LogP) is 22.9. The Kier molecular flexibility index (Phi) is 63.3. The van der Waals surface area contributed by atoms with Gasteiger partial charge in [-0.25, -0.2) is 0 Å². The maximum absolute atomic E-state index is 12.9. The molecule has 0 fully saturated rings. The summed E-state index contributed by atoms with van der Waals surface area (Å²) in [7, 11) is 0. The van der Waals surface area contributed by atoms with Gasteiger partial charge in [0.05, 0.1) is 0 Å². The van der Waals surface area contributed by atoms with Crippen molar-refractivity contribution in [2.24, 2.45) is 0 Å². The maximum atomic E-state index is 12.9. The molecule has 6 nitrogen and oxygen atoms in total. The average molecular weight is 1110 g/mol. The second-order valence-electron chi connectivity index (χ2n) is 21.6. The van der Waals surface area contributed by atoms with Crippen LogP contribution in [0.4, 0.5) is 0 Å². The molecule has 1 unspecified atom stereocenters. The van der Waals surface area contributed by atoms with E-state index >= 15 is 0 Å². The zero-order chi connectivity index (χ0) is 57.8. The van der Waals surface area contributed by atoms with Crippen LogP contribution in [0.3, 0.4) is 0 Å². The topological polar surface area (TPSA) is 78.9 Å². The molecule has 0 bridgehead atoms. The van der Waals surface area contributed by atoms with Gasteiger partial charge in [0.2, 0.25) is 0 Å². The molecule has 0 heterocycles. The second kappa shape index (κ2) is 67.1. The zero-order valence-electron chi connectivity index (χ0n) is 52.0. The highest BCUT2D eigenvalue weighted by molar-refractivity contribution is 5.71. The first-order chi connectivity index (χ1) is 39.5. The number of allylic oxidation sites excluding steroid dienone is 22. The van der Waals surface area contributed by atoms with Crippen molar-refractivity contribution in [3.05, 3.63) is 134 Å². The van der Waals surface area contributed by atoms with Gasteiger partial charge in [0.1, 0.15) is 13.2 Å². The van der Waals surface area contributed by atoms with Crippen LogP contribution in [0.1, 0.15) is 297 Å². The molecule has 0 saturated heterocycles. The van der Waals surface area contributed by atoms with Gasteiger partial charge in [-0.05, 0) is 122 Å². The van der Waals surface area contributed by atoms with Crippen LogP contribution in [0.2, 0.25) is 0 Å². The van der Waals surface area contributed by atoms with Gasteiger partial charge < -0.3 is 14.2 Å². The lowest BCUT2D eigenvalue weighted by atomic mass is 10.0. The molecule has 0 saturated carbocycles. The van der Waals surface area contributed by atoms with Gasteiger partial charge in [-0.15, -0.1) is 0 Å². The molecule has 0 aromatic carbocycles. The van der Waals surface area contributed by atoms with Gasteiger partial charge in [-0.3, -0.25) is 14.4 Å². The van der Waals surface area contributed by atoms with E-state index in [0.717, 1.165) is 135 Å². The van der Waals surface area contributed by atoms with Gasteiger partial charge >= 0.3 is 17.9 Å². The largest absolute Gasteiger partial charge is 0.462 e. The molecule has 0 radical (unpaired) electrons. The van der Waals surface area contributed by atoms with Gasteiger partial charge in [-0.1, -0.05) is 289 Å². The fourth-order valence-corrected chi connectivity index (χ4v) is 8.94. The quantitative estimate of drug-likeness (QED) is 0.0261. The summed E-state index contributed by atoms with van der Waals surface area (Å²) >= 11 is 0. The minimum Gasteiger partial charge on any atom is -0.462 e. The summed E-state index contributed by atoms with van der Waals surface area (Å²) in [4.78, 5) is 38.2. The number of rotatable bonds is 59. The Morgan fingerprint density at radius 2 is 0.487 bits per heavy atom. The van der Waals surface area contributed by atoms with Crippen molar-refractivity contribution in [2.45, 2.75) is 303 Å².